The summed E-state index contributed by atoms with van der Waals surface area (Å²) in [7, 11) is 2.32. The molecule has 1 aliphatic rings. The molecule has 0 saturated carbocycles. The lowest BCUT2D eigenvalue weighted by Gasteiger charge is -2.38. The maximum absolute atomic E-state index is 13.7. The van der Waals surface area contributed by atoms with Gasteiger partial charge in [-0.15, -0.1) is 0 Å². The lowest BCUT2D eigenvalue weighted by atomic mass is 9.99. The summed E-state index contributed by atoms with van der Waals surface area (Å²) in [6, 6.07) is 9.32. The minimum Gasteiger partial charge on any atom is -0.508 e. The standard InChI is InChI=1S/C31H41N5O7S2/c1-17-25(38)34-22(16-18-9-7-6-8-10-18)27(40)36-24(29(42)43)31(4,5)45-44-30(2,3)23(28(41)33-17)35-26(39)21(32)15-19-11-13-20(37)14-12-19/h6-14,17,21-24,37H,15-16,32H2,1-5H3,(H,33,41)(H,34,38)(H,35,39)(H,36,40)(H,42,43)/t17-,21?,22+,23+,24+/m1/s1. The van der Waals surface area contributed by atoms with E-state index in [1.807, 2.05) is 6.07 Å². The van der Waals surface area contributed by atoms with Crippen molar-refractivity contribution >= 4 is 51.2 Å². The summed E-state index contributed by atoms with van der Waals surface area (Å²) in [5, 5.41) is 30.3. The maximum Gasteiger partial charge on any atom is 0.327 e. The normalized spacial score (nSPS) is 24.6. The van der Waals surface area contributed by atoms with Crippen LogP contribution in [0.2, 0.25) is 0 Å². The van der Waals surface area contributed by atoms with Crippen molar-refractivity contribution in [2.75, 3.05) is 0 Å². The number of hydrogen-bond acceptors (Lipinski definition) is 9. The second-order valence-corrected chi connectivity index (χ2v) is 15.5. The fraction of sp³-hybridized carbons (Fsp3) is 0.452. The van der Waals surface area contributed by atoms with Crippen molar-refractivity contribution in [2.24, 2.45) is 5.73 Å². The van der Waals surface area contributed by atoms with Gasteiger partial charge in [-0.1, -0.05) is 64.1 Å². The predicted molar refractivity (Wildman–Crippen MR) is 174 cm³/mol. The summed E-state index contributed by atoms with van der Waals surface area (Å²) in [6.07, 6.45) is 0.218. The van der Waals surface area contributed by atoms with Gasteiger partial charge in [0.2, 0.25) is 23.6 Å². The van der Waals surface area contributed by atoms with Crippen molar-refractivity contribution < 1.29 is 34.2 Å². The Labute approximate surface area is 270 Å². The van der Waals surface area contributed by atoms with E-state index in [0.29, 0.717) is 5.56 Å². The highest BCUT2D eigenvalue weighted by molar-refractivity contribution is 8.77. The zero-order chi connectivity index (χ0) is 33.5. The Kier molecular flexibility index (Phi) is 11.9. The molecule has 1 fully saturated rings. The van der Waals surface area contributed by atoms with Gasteiger partial charge in [0, 0.05) is 11.2 Å². The van der Waals surface area contributed by atoms with E-state index in [0.717, 1.165) is 16.4 Å². The highest BCUT2D eigenvalue weighted by atomic mass is 33.1. The van der Waals surface area contributed by atoms with Crippen molar-refractivity contribution in [3.8, 4) is 5.75 Å². The van der Waals surface area contributed by atoms with Crippen molar-refractivity contribution in [1.29, 1.82) is 0 Å². The Balaban J connectivity index is 1.93. The number of nitrogens with two attached hydrogens (primary N) is 1. The number of carboxylic acids is 1. The first kappa shape index (κ1) is 35.7. The molecule has 0 aliphatic carbocycles. The number of benzene rings is 2. The zero-order valence-corrected chi connectivity index (χ0v) is 27.5. The van der Waals surface area contributed by atoms with Crippen LogP contribution in [0, 0.1) is 0 Å². The number of nitrogens with one attached hydrogen (secondary N) is 4. The van der Waals surface area contributed by atoms with E-state index < -0.39 is 69.3 Å². The fourth-order valence-electron chi connectivity index (χ4n) is 4.59. The number of hydrogen-bond donors (Lipinski definition) is 7. The zero-order valence-electron chi connectivity index (χ0n) is 25.8. The average Bonchev–Trinajstić information content (AvgIpc) is 2.97. The van der Waals surface area contributed by atoms with E-state index in [1.165, 1.54) is 29.9 Å². The van der Waals surface area contributed by atoms with Crippen LogP contribution in [-0.2, 0) is 36.8 Å². The Hall–Kier alpha value is -3.75. The van der Waals surface area contributed by atoms with E-state index in [-0.39, 0.29) is 18.6 Å². The molecule has 14 heteroatoms. The molecule has 1 unspecified atom stereocenters. The van der Waals surface area contributed by atoms with E-state index in [9.17, 15) is 34.2 Å². The third-order valence-electron chi connectivity index (χ3n) is 7.34. The number of carbonyl (C=O) groups is 5. The summed E-state index contributed by atoms with van der Waals surface area (Å²) >= 11 is 0. The molecule has 45 heavy (non-hydrogen) atoms. The molecule has 0 radical (unpaired) electrons. The van der Waals surface area contributed by atoms with Gasteiger partial charge in [0.05, 0.1) is 10.8 Å². The molecule has 1 aliphatic heterocycles. The lowest BCUT2D eigenvalue weighted by molar-refractivity contribution is -0.143. The summed E-state index contributed by atoms with van der Waals surface area (Å²) < 4.78 is -2.16. The van der Waals surface area contributed by atoms with Crippen molar-refractivity contribution in [1.82, 2.24) is 21.3 Å². The summed E-state index contributed by atoms with van der Waals surface area (Å²) in [5.41, 5.74) is 7.63. The van der Waals surface area contributed by atoms with Gasteiger partial charge in [0.15, 0.2) is 0 Å². The number of amides is 4. The minimum atomic E-state index is -1.37. The molecular weight excluding hydrogens is 619 g/mol. The number of phenolic OH excluding ortho intramolecular Hbond substituents is 1. The Bertz CT molecular complexity index is 1390. The van der Waals surface area contributed by atoms with Gasteiger partial charge in [0.25, 0.3) is 0 Å². The molecule has 1 heterocycles. The molecular formula is C31H41N5O7S2. The van der Waals surface area contributed by atoms with Crippen LogP contribution in [0.3, 0.4) is 0 Å². The van der Waals surface area contributed by atoms with Crippen LogP contribution in [-0.4, -0.2) is 79.5 Å². The Morgan fingerprint density at radius 2 is 1.47 bits per heavy atom. The number of carboxylic acid groups (broad SMARTS) is 1. The molecule has 5 atom stereocenters. The number of rotatable bonds is 7. The third-order valence-corrected chi connectivity index (χ3v) is 11.6. The van der Waals surface area contributed by atoms with Crippen LogP contribution in [0.4, 0.5) is 0 Å². The minimum absolute atomic E-state index is 0.0709. The number of phenols is 1. The van der Waals surface area contributed by atoms with E-state index in [2.05, 4.69) is 21.3 Å². The molecule has 2 aromatic rings. The fourth-order valence-corrected chi connectivity index (χ4v) is 7.40. The van der Waals surface area contributed by atoms with Gasteiger partial charge >= 0.3 is 5.97 Å². The first-order valence-corrected chi connectivity index (χ1v) is 16.5. The van der Waals surface area contributed by atoms with E-state index in [4.69, 9.17) is 5.73 Å². The summed E-state index contributed by atoms with van der Waals surface area (Å²) in [6.45, 7) is 8.17. The monoisotopic (exact) mass is 659 g/mol. The molecule has 2 aromatic carbocycles. The van der Waals surface area contributed by atoms with E-state index >= 15 is 0 Å². The van der Waals surface area contributed by atoms with Crippen LogP contribution in [0.25, 0.3) is 0 Å². The molecule has 0 spiro atoms. The summed E-state index contributed by atoms with van der Waals surface area (Å²) in [4.78, 5) is 66.2. The van der Waals surface area contributed by atoms with Crippen LogP contribution in [0.5, 0.6) is 5.75 Å². The van der Waals surface area contributed by atoms with Crippen LogP contribution < -0.4 is 27.0 Å². The Morgan fingerprint density at radius 1 is 0.867 bits per heavy atom. The largest absolute Gasteiger partial charge is 0.508 e. The van der Waals surface area contributed by atoms with Gasteiger partial charge in [-0.25, -0.2) is 4.79 Å². The SMILES string of the molecule is C[C@H]1NC(=O)[C@H](NC(=O)C(N)Cc2ccc(O)cc2)C(C)(C)SSC(C)(C)[C@H](C(=O)O)NC(=O)[C@H](Cc2ccccc2)NC1=O. The second-order valence-electron chi connectivity index (χ2n) is 12.1. The first-order valence-electron chi connectivity index (χ1n) is 14.4. The van der Waals surface area contributed by atoms with Gasteiger partial charge in [-0.2, -0.15) is 0 Å². The number of aromatic hydroxyl groups is 1. The first-order chi connectivity index (χ1) is 21.0. The van der Waals surface area contributed by atoms with Crippen molar-refractivity contribution in [3.63, 3.8) is 0 Å². The molecule has 3 rings (SSSR count). The molecule has 0 bridgehead atoms. The van der Waals surface area contributed by atoms with Crippen molar-refractivity contribution in [3.05, 3.63) is 65.7 Å². The topological polar surface area (TPSA) is 200 Å². The molecule has 8 N–H and O–H groups in total. The molecule has 244 valence electrons. The molecule has 12 nitrogen and oxygen atoms in total. The highest BCUT2D eigenvalue weighted by Crippen LogP contribution is 2.46. The lowest BCUT2D eigenvalue weighted by Crippen LogP contribution is -2.63. The quantitative estimate of drug-likeness (QED) is 0.214. The number of carbonyl (C=O) groups excluding carboxylic acids is 4. The van der Waals surface area contributed by atoms with Crippen molar-refractivity contribution in [2.45, 2.75) is 87.2 Å². The van der Waals surface area contributed by atoms with Crippen LogP contribution in [0.1, 0.15) is 45.7 Å². The average molecular weight is 660 g/mol. The van der Waals surface area contributed by atoms with Gasteiger partial charge in [-0.05, 0) is 64.3 Å². The van der Waals surface area contributed by atoms with Gasteiger partial charge in [-0.3, -0.25) is 19.2 Å². The molecule has 4 amide bonds. The van der Waals surface area contributed by atoms with Crippen LogP contribution in [0.15, 0.2) is 54.6 Å². The van der Waals surface area contributed by atoms with Gasteiger partial charge in [0.1, 0.15) is 29.9 Å². The molecule has 1 saturated heterocycles. The molecule has 0 aromatic heterocycles. The predicted octanol–water partition coefficient (Wildman–Crippen LogP) is 1.50. The smallest absolute Gasteiger partial charge is 0.327 e. The van der Waals surface area contributed by atoms with Crippen LogP contribution >= 0.6 is 21.6 Å². The summed E-state index contributed by atoms with van der Waals surface area (Å²) in [5.74, 6) is -3.82. The maximum atomic E-state index is 13.7. The Morgan fingerprint density at radius 3 is 2.07 bits per heavy atom. The second kappa shape index (κ2) is 15.0. The van der Waals surface area contributed by atoms with E-state index in [1.54, 1.807) is 64.1 Å². The number of aliphatic carboxylic acids is 1. The van der Waals surface area contributed by atoms with Gasteiger partial charge < -0.3 is 37.2 Å². The third kappa shape index (κ3) is 9.87. The highest BCUT2D eigenvalue weighted by Gasteiger charge is 2.45.